The van der Waals surface area contributed by atoms with Gasteiger partial charge in [-0.3, -0.25) is 20.8 Å². The normalized spacial score (nSPS) is 13.9. The number of morpholine rings is 1. The number of benzene rings is 1. The molecule has 0 unspecified atom stereocenters. The SMILES string of the molecule is O=C(NCc1ccccc1N1CCOCC1)NNc1ccnc2cccnc12. The van der Waals surface area contributed by atoms with Crippen molar-refractivity contribution in [3.8, 4) is 0 Å². The first-order valence-electron chi connectivity index (χ1n) is 9.21. The number of hydrogen-bond donors (Lipinski definition) is 3. The van der Waals surface area contributed by atoms with Crippen molar-refractivity contribution < 1.29 is 9.53 Å². The van der Waals surface area contributed by atoms with Gasteiger partial charge in [0.05, 0.1) is 24.4 Å². The number of aromatic nitrogens is 2. The van der Waals surface area contributed by atoms with Crippen molar-refractivity contribution in [1.82, 2.24) is 20.7 Å². The molecule has 1 aromatic carbocycles. The Labute approximate surface area is 162 Å². The molecule has 4 rings (SSSR count). The summed E-state index contributed by atoms with van der Waals surface area (Å²) in [7, 11) is 0. The first-order valence-corrected chi connectivity index (χ1v) is 9.21. The van der Waals surface area contributed by atoms with E-state index < -0.39 is 0 Å². The molecule has 1 aliphatic heterocycles. The summed E-state index contributed by atoms with van der Waals surface area (Å²) in [6.45, 7) is 3.58. The molecular weight excluding hydrogens is 356 g/mol. The van der Waals surface area contributed by atoms with Crippen molar-refractivity contribution in [2.45, 2.75) is 6.54 Å². The highest BCUT2D eigenvalue weighted by atomic mass is 16.5. The van der Waals surface area contributed by atoms with Gasteiger partial charge in [0.15, 0.2) is 0 Å². The van der Waals surface area contributed by atoms with Gasteiger partial charge in [-0.2, -0.15) is 0 Å². The van der Waals surface area contributed by atoms with Crippen LogP contribution >= 0.6 is 0 Å². The van der Waals surface area contributed by atoms with Crippen molar-refractivity contribution in [2.75, 3.05) is 36.6 Å². The molecule has 0 saturated carbocycles. The third-order valence-electron chi connectivity index (χ3n) is 4.59. The summed E-state index contributed by atoms with van der Waals surface area (Å²) in [6, 6.07) is 13.2. The summed E-state index contributed by atoms with van der Waals surface area (Å²) < 4.78 is 5.42. The summed E-state index contributed by atoms with van der Waals surface area (Å²) in [5.41, 5.74) is 9.91. The Hall–Kier alpha value is -3.39. The first-order chi connectivity index (χ1) is 13.8. The summed E-state index contributed by atoms with van der Waals surface area (Å²) in [5.74, 6) is 0. The third kappa shape index (κ3) is 4.12. The highest BCUT2D eigenvalue weighted by Crippen LogP contribution is 2.21. The fraction of sp³-hybridized carbons (Fsp3) is 0.250. The summed E-state index contributed by atoms with van der Waals surface area (Å²) >= 11 is 0. The van der Waals surface area contributed by atoms with Gasteiger partial charge in [0.2, 0.25) is 0 Å². The topological polar surface area (TPSA) is 91.4 Å². The second kappa shape index (κ2) is 8.53. The number of nitrogens with zero attached hydrogens (tertiary/aromatic N) is 3. The number of anilines is 2. The van der Waals surface area contributed by atoms with E-state index in [-0.39, 0.29) is 6.03 Å². The van der Waals surface area contributed by atoms with Crippen LogP contribution in [-0.2, 0) is 11.3 Å². The van der Waals surface area contributed by atoms with Gasteiger partial charge >= 0.3 is 6.03 Å². The van der Waals surface area contributed by atoms with Crippen LogP contribution in [0.2, 0.25) is 0 Å². The van der Waals surface area contributed by atoms with E-state index in [0.717, 1.165) is 43.1 Å². The van der Waals surface area contributed by atoms with Gasteiger partial charge in [-0.15, -0.1) is 0 Å². The Bertz CT molecular complexity index is 953. The maximum atomic E-state index is 12.3. The standard InChI is InChI=1S/C20H22N6O2/c27-20(25-24-17-7-9-21-16-5-3-8-22-19(16)17)23-14-15-4-1-2-6-18(15)26-10-12-28-13-11-26/h1-9H,10-14H2,(H,21,24)(H2,23,25,27). The van der Waals surface area contributed by atoms with Crippen LogP contribution in [0.5, 0.6) is 0 Å². The zero-order valence-electron chi connectivity index (χ0n) is 15.4. The van der Waals surface area contributed by atoms with E-state index in [1.807, 2.05) is 30.3 Å². The fourth-order valence-corrected chi connectivity index (χ4v) is 3.20. The number of para-hydroxylation sites is 1. The molecule has 0 aliphatic carbocycles. The van der Waals surface area contributed by atoms with E-state index in [1.165, 1.54) is 0 Å². The minimum Gasteiger partial charge on any atom is -0.378 e. The number of hydrazine groups is 1. The average Bonchev–Trinajstić information content (AvgIpc) is 2.77. The van der Waals surface area contributed by atoms with E-state index in [1.54, 1.807) is 18.5 Å². The molecule has 3 N–H and O–H groups in total. The predicted molar refractivity (Wildman–Crippen MR) is 108 cm³/mol. The van der Waals surface area contributed by atoms with Gasteiger partial charge in [-0.25, -0.2) is 4.79 Å². The van der Waals surface area contributed by atoms with Gasteiger partial charge < -0.3 is 15.0 Å². The molecule has 0 bridgehead atoms. The molecule has 1 fully saturated rings. The lowest BCUT2D eigenvalue weighted by Gasteiger charge is -2.30. The number of amides is 2. The molecule has 3 heterocycles. The second-order valence-corrected chi connectivity index (χ2v) is 6.39. The number of carbonyl (C=O) groups is 1. The number of nitrogens with one attached hydrogen (secondary N) is 3. The van der Waals surface area contributed by atoms with Crippen molar-refractivity contribution in [2.24, 2.45) is 0 Å². The fourth-order valence-electron chi connectivity index (χ4n) is 3.20. The molecule has 28 heavy (non-hydrogen) atoms. The highest BCUT2D eigenvalue weighted by Gasteiger charge is 2.14. The Morgan fingerprint density at radius 3 is 2.79 bits per heavy atom. The molecule has 0 atom stereocenters. The van der Waals surface area contributed by atoms with Gasteiger partial charge in [0.1, 0.15) is 5.52 Å². The molecule has 3 aromatic rings. The molecular formula is C20H22N6O2. The van der Waals surface area contributed by atoms with Crippen LogP contribution in [0.4, 0.5) is 16.2 Å². The third-order valence-corrected chi connectivity index (χ3v) is 4.59. The maximum absolute atomic E-state index is 12.3. The Kier molecular flexibility index (Phi) is 5.48. The maximum Gasteiger partial charge on any atom is 0.333 e. The smallest absolute Gasteiger partial charge is 0.333 e. The van der Waals surface area contributed by atoms with Crippen LogP contribution < -0.4 is 21.1 Å². The number of fused-ring (bicyclic) bond motifs is 1. The monoisotopic (exact) mass is 378 g/mol. The van der Waals surface area contributed by atoms with Gasteiger partial charge in [0, 0.05) is 37.7 Å². The lowest BCUT2D eigenvalue weighted by molar-refractivity contribution is 0.122. The molecule has 2 amide bonds. The lowest BCUT2D eigenvalue weighted by Crippen LogP contribution is -2.40. The highest BCUT2D eigenvalue weighted by molar-refractivity contribution is 5.88. The van der Waals surface area contributed by atoms with E-state index in [0.29, 0.717) is 17.7 Å². The van der Waals surface area contributed by atoms with Crippen LogP contribution in [0.1, 0.15) is 5.56 Å². The largest absolute Gasteiger partial charge is 0.378 e. The summed E-state index contributed by atoms with van der Waals surface area (Å²) in [4.78, 5) is 23.1. The van der Waals surface area contributed by atoms with Gasteiger partial charge in [0.25, 0.3) is 0 Å². The Morgan fingerprint density at radius 2 is 1.89 bits per heavy atom. The van der Waals surface area contributed by atoms with Crippen molar-refractivity contribution >= 4 is 28.4 Å². The van der Waals surface area contributed by atoms with E-state index in [4.69, 9.17) is 4.74 Å². The number of pyridine rings is 2. The molecule has 0 spiro atoms. The van der Waals surface area contributed by atoms with Crippen LogP contribution in [0.25, 0.3) is 11.0 Å². The zero-order chi connectivity index (χ0) is 19.2. The molecule has 1 aliphatic rings. The van der Waals surface area contributed by atoms with Crippen LogP contribution in [0.15, 0.2) is 54.9 Å². The zero-order valence-corrected chi connectivity index (χ0v) is 15.4. The molecule has 1 saturated heterocycles. The molecule has 2 aromatic heterocycles. The minimum absolute atomic E-state index is 0.322. The van der Waals surface area contributed by atoms with Crippen molar-refractivity contribution in [3.05, 3.63) is 60.4 Å². The molecule has 0 radical (unpaired) electrons. The van der Waals surface area contributed by atoms with Crippen molar-refractivity contribution in [1.29, 1.82) is 0 Å². The number of hydrogen-bond acceptors (Lipinski definition) is 6. The summed E-state index contributed by atoms with van der Waals surface area (Å²) in [6.07, 6.45) is 3.36. The number of urea groups is 1. The molecule has 144 valence electrons. The molecule has 8 heteroatoms. The Morgan fingerprint density at radius 1 is 1.04 bits per heavy atom. The minimum atomic E-state index is -0.322. The van der Waals surface area contributed by atoms with Gasteiger partial charge in [-0.1, -0.05) is 18.2 Å². The number of carbonyl (C=O) groups excluding carboxylic acids is 1. The summed E-state index contributed by atoms with van der Waals surface area (Å²) in [5, 5.41) is 2.89. The number of ether oxygens (including phenoxy) is 1. The lowest BCUT2D eigenvalue weighted by atomic mass is 10.1. The average molecular weight is 378 g/mol. The van der Waals surface area contributed by atoms with Crippen LogP contribution in [0, 0.1) is 0 Å². The van der Waals surface area contributed by atoms with Gasteiger partial charge in [-0.05, 0) is 29.8 Å². The predicted octanol–water partition coefficient (Wildman–Crippen LogP) is 2.29. The first kappa shape index (κ1) is 18.0. The van der Waals surface area contributed by atoms with Crippen LogP contribution in [0.3, 0.4) is 0 Å². The van der Waals surface area contributed by atoms with E-state index in [9.17, 15) is 4.79 Å². The van der Waals surface area contributed by atoms with E-state index in [2.05, 4.69) is 37.1 Å². The Balaban J connectivity index is 1.36. The van der Waals surface area contributed by atoms with Crippen molar-refractivity contribution in [3.63, 3.8) is 0 Å². The van der Waals surface area contributed by atoms with Crippen LogP contribution in [-0.4, -0.2) is 42.3 Å². The quantitative estimate of drug-likeness (QED) is 0.590. The molecule has 8 nitrogen and oxygen atoms in total. The number of rotatable bonds is 5. The second-order valence-electron chi connectivity index (χ2n) is 6.39. The van der Waals surface area contributed by atoms with E-state index >= 15 is 0 Å².